The van der Waals surface area contributed by atoms with Crippen LogP contribution in [0.25, 0.3) is 5.69 Å². The van der Waals surface area contributed by atoms with Gasteiger partial charge < -0.3 is 5.11 Å². The molecule has 1 N–H and O–H groups in total. The fourth-order valence-electron chi connectivity index (χ4n) is 3.08. The van der Waals surface area contributed by atoms with Crippen LogP contribution in [0.4, 0.5) is 43.9 Å². The van der Waals surface area contributed by atoms with Crippen molar-refractivity contribution in [3.05, 3.63) is 75.5 Å². The van der Waals surface area contributed by atoms with Crippen LogP contribution in [-0.2, 0) is 31.8 Å². The average Bonchev–Trinajstić information content (AvgIpc) is 2.98. The molecule has 1 heterocycles. The molecule has 0 spiro atoms. The molecule has 4 nitrogen and oxygen atoms in total. The van der Waals surface area contributed by atoms with Gasteiger partial charge in [0.2, 0.25) is 11.7 Å². The molecule has 178 valence electrons. The number of aryl methyl sites for hydroxylation is 1. The first kappa shape index (κ1) is 27.3. The zero-order chi connectivity index (χ0) is 25.0. The zero-order valence-electron chi connectivity index (χ0n) is 16.5. The Morgan fingerprint density at radius 1 is 0.882 bits per heavy atom. The predicted molar refractivity (Wildman–Crippen MR) is 89.7 cm³/mol. The summed E-state index contributed by atoms with van der Waals surface area (Å²) < 4.78 is 135. The van der Waals surface area contributed by atoms with E-state index in [1.165, 1.54) is 0 Å². The van der Waals surface area contributed by atoms with Crippen LogP contribution in [0.5, 0.6) is 5.88 Å². The van der Waals surface area contributed by atoms with Crippen LogP contribution in [0.2, 0.25) is 0 Å². The molecule has 0 amide bonds. The maximum atomic E-state index is 14.1. The third-order valence-electron chi connectivity index (χ3n) is 4.47. The standard InChI is InChI=1S/C19H8F10N2O2.Zn/c1-6-11(17(33)31(30-6)15-13(22)9(20)5-10(21)14(15)23)16(32)12-7(18(24,25)26)3-2-4-8(12)19(27,28)29;/h2-5,33H,1H3;. The Labute approximate surface area is 195 Å². The molecule has 2 aromatic carbocycles. The smallest absolute Gasteiger partial charge is 0.417 e. The molecule has 0 aliphatic carbocycles. The number of benzene rings is 2. The Hall–Kier alpha value is -2.96. The van der Waals surface area contributed by atoms with E-state index in [0.717, 1.165) is 6.92 Å². The summed E-state index contributed by atoms with van der Waals surface area (Å²) in [6.45, 7) is 0.804. The second-order valence-electron chi connectivity index (χ2n) is 6.57. The van der Waals surface area contributed by atoms with Gasteiger partial charge in [-0.15, -0.1) is 0 Å². The second-order valence-corrected chi connectivity index (χ2v) is 6.57. The zero-order valence-corrected chi connectivity index (χ0v) is 19.5. The SMILES string of the molecule is Cc1nn(-c2c(F)c(F)cc(F)c2F)c(O)c1C(=O)c1c(C(F)(F)F)cccc1C(F)(F)F.[Zn]. The number of nitrogens with zero attached hydrogens (tertiary/aromatic N) is 2. The molecule has 0 unspecified atom stereocenters. The number of alkyl halides is 6. The van der Waals surface area contributed by atoms with E-state index in [1.54, 1.807) is 0 Å². The van der Waals surface area contributed by atoms with Crippen molar-refractivity contribution in [1.82, 2.24) is 9.78 Å². The van der Waals surface area contributed by atoms with Crippen molar-refractivity contribution in [2.24, 2.45) is 0 Å². The van der Waals surface area contributed by atoms with E-state index >= 15 is 0 Å². The van der Waals surface area contributed by atoms with Crippen LogP contribution in [0.15, 0.2) is 24.3 Å². The summed E-state index contributed by atoms with van der Waals surface area (Å²) in [4.78, 5) is 12.8. The van der Waals surface area contributed by atoms with Gasteiger partial charge in [0.05, 0.1) is 16.8 Å². The molecule has 1 aromatic heterocycles. The summed E-state index contributed by atoms with van der Waals surface area (Å²) in [7, 11) is 0. The third kappa shape index (κ3) is 4.53. The Balaban J connectivity index is 0.00000408. The van der Waals surface area contributed by atoms with E-state index in [0.29, 0.717) is 6.07 Å². The fraction of sp³-hybridized carbons (Fsp3) is 0.158. The van der Waals surface area contributed by atoms with Crippen LogP contribution in [0, 0.1) is 30.2 Å². The Morgan fingerprint density at radius 3 is 1.74 bits per heavy atom. The molecular weight excluding hydrogens is 544 g/mol. The minimum atomic E-state index is -5.45. The van der Waals surface area contributed by atoms with Crippen molar-refractivity contribution in [2.45, 2.75) is 19.3 Å². The van der Waals surface area contributed by atoms with Crippen LogP contribution >= 0.6 is 0 Å². The van der Waals surface area contributed by atoms with Crippen LogP contribution in [0.3, 0.4) is 0 Å². The minimum Gasteiger partial charge on any atom is -0.493 e. The number of aromatic nitrogens is 2. The van der Waals surface area contributed by atoms with Gasteiger partial charge in [-0.25, -0.2) is 17.6 Å². The summed E-state index contributed by atoms with van der Waals surface area (Å²) in [5, 5.41) is 13.5. The average molecular weight is 552 g/mol. The van der Waals surface area contributed by atoms with Crippen molar-refractivity contribution in [3.8, 4) is 11.6 Å². The van der Waals surface area contributed by atoms with Crippen LogP contribution in [0.1, 0.15) is 32.7 Å². The normalized spacial score (nSPS) is 12.0. The number of hydrogen-bond acceptors (Lipinski definition) is 3. The van der Waals surface area contributed by atoms with Crippen molar-refractivity contribution in [2.75, 3.05) is 0 Å². The first-order chi connectivity index (χ1) is 15.1. The number of aromatic hydroxyl groups is 1. The van der Waals surface area contributed by atoms with Gasteiger partial charge in [0, 0.05) is 31.1 Å². The third-order valence-corrected chi connectivity index (χ3v) is 4.47. The van der Waals surface area contributed by atoms with Gasteiger partial charge in [-0.3, -0.25) is 4.79 Å². The molecule has 0 atom stereocenters. The summed E-state index contributed by atoms with van der Waals surface area (Å²) >= 11 is 0. The Bertz CT molecular complexity index is 1220. The molecule has 0 aliphatic rings. The quantitative estimate of drug-likeness (QED) is 0.196. The van der Waals surface area contributed by atoms with Gasteiger partial charge in [0.25, 0.3) is 0 Å². The number of halogens is 10. The Kier molecular flexibility index (Phi) is 7.23. The molecule has 0 bridgehead atoms. The van der Waals surface area contributed by atoms with Gasteiger partial charge in [0.1, 0.15) is 11.3 Å². The fourth-order valence-corrected chi connectivity index (χ4v) is 3.08. The number of rotatable bonds is 3. The molecule has 0 aliphatic heterocycles. The molecule has 3 aromatic rings. The Morgan fingerprint density at radius 2 is 1.32 bits per heavy atom. The molecule has 0 radical (unpaired) electrons. The van der Waals surface area contributed by atoms with E-state index in [9.17, 15) is 53.8 Å². The topological polar surface area (TPSA) is 55.1 Å². The van der Waals surface area contributed by atoms with Crippen LogP contribution < -0.4 is 0 Å². The summed E-state index contributed by atoms with van der Waals surface area (Å²) in [6.07, 6.45) is -10.9. The first-order valence-electron chi connectivity index (χ1n) is 8.51. The largest absolute Gasteiger partial charge is 0.493 e. The van der Waals surface area contributed by atoms with Gasteiger partial charge in [0.15, 0.2) is 23.3 Å². The summed E-state index contributed by atoms with van der Waals surface area (Å²) in [5.74, 6) is -11.8. The number of carbonyl (C=O) groups excluding carboxylic acids is 1. The first-order valence-corrected chi connectivity index (χ1v) is 8.51. The molecular formula is C19H8F10N2O2Zn. The molecule has 3 rings (SSSR count). The summed E-state index contributed by atoms with van der Waals surface area (Å²) in [6, 6.07) is 0.572. The monoisotopic (exact) mass is 550 g/mol. The van der Waals surface area contributed by atoms with E-state index < -0.39 is 80.9 Å². The van der Waals surface area contributed by atoms with Crippen LogP contribution in [-0.4, -0.2) is 20.7 Å². The van der Waals surface area contributed by atoms with Gasteiger partial charge in [-0.05, 0) is 19.1 Å². The van der Waals surface area contributed by atoms with E-state index in [4.69, 9.17) is 0 Å². The number of hydrogen-bond donors (Lipinski definition) is 1. The van der Waals surface area contributed by atoms with E-state index in [1.807, 2.05) is 0 Å². The van der Waals surface area contributed by atoms with Crippen molar-refractivity contribution < 1.29 is 73.3 Å². The van der Waals surface area contributed by atoms with Gasteiger partial charge >= 0.3 is 12.4 Å². The minimum absolute atomic E-state index is 0. The molecule has 0 saturated carbocycles. The molecule has 34 heavy (non-hydrogen) atoms. The second kappa shape index (κ2) is 9.01. The van der Waals surface area contributed by atoms with Crippen molar-refractivity contribution >= 4 is 5.78 Å². The summed E-state index contributed by atoms with van der Waals surface area (Å²) in [5.41, 5.74) is -9.72. The van der Waals surface area contributed by atoms with Crippen molar-refractivity contribution in [1.29, 1.82) is 0 Å². The number of ketones is 1. The molecule has 0 fully saturated rings. The predicted octanol–water partition coefficient (Wildman–Crippen LogP) is 5.71. The molecule has 0 saturated heterocycles. The van der Waals surface area contributed by atoms with E-state index in [-0.39, 0.29) is 42.4 Å². The maximum Gasteiger partial charge on any atom is 0.417 e. The van der Waals surface area contributed by atoms with E-state index in [2.05, 4.69) is 5.10 Å². The van der Waals surface area contributed by atoms with Gasteiger partial charge in [-0.2, -0.15) is 36.1 Å². The molecule has 15 heteroatoms. The van der Waals surface area contributed by atoms with Gasteiger partial charge in [-0.1, -0.05) is 6.07 Å². The maximum absolute atomic E-state index is 14.1. The number of carbonyl (C=O) groups is 1. The van der Waals surface area contributed by atoms with Crippen molar-refractivity contribution in [3.63, 3.8) is 0 Å².